The van der Waals surface area contributed by atoms with Gasteiger partial charge in [0.05, 0.1) is 16.8 Å². The fourth-order valence-electron chi connectivity index (χ4n) is 2.52. The van der Waals surface area contributed by atoms with Gasteiger partial charge in [0.1, 0.15) is 11.9 Å². The molecule has 1 aromatic heterocycles. The van der Waals surface area contributed by atoms with E-state index in [1.807, 2.05) is 6.07 Å². The molecule has 4 nitrogen and oxygen atoms in total. The molecule has 0 atom stereocenters. The Hall–Kier alpha value is -2.68. The van der Waals surface area contributed by atoms with Crippen LogP contribution in [0.4, 0.5) is 4.39 Å². The zero-order chi connectivity index (χ0) is 15.0. The second-order valence-electron chi connectivity index (χ2n) is 4.58. The maximum Gasteiger partial charge on any atom is 0.195 e. The molecule has 104 valence electrons. The monoisotopic (exact) mass is 282 g/mol. The Kier molecular flexibility index (Phi) is 3.18. The smallest absolute Gasteiger partial charge is 0.195 e. The lowest BCUT2D eigenvalue weighted by molar-refractivity contribution is -0.0469. The van der Waals surface area contributed by atoms with Crippen LogP contribution in [0.2, 0.25) is 0 Å². The van der Waals surface area contributed by atoms with Gasteiger partial charge in [-0.2, -0.15) is 5.26 Å². The summed E-state index contributed by atoms with van der Waals surface area (Å²) in [6.45, 7) is 0. The highest BCUT2D eigenvalue weighted by atomic mass is 19.1. The lowest BCUT2D eigenvalue weighted by Crippen LogP contribution is -2.07. The predicted molar refractivity (Wildman–Crippen MR) is 75.1 cm³/mol. The van der Waals surface area contributed by atoms with E-state index >= 15 is 0 Å². The van der Waals surface area contributed by atoms with Gasteiger partial charge in [-0.05, 0) is 24.3 Å². The van der Waals surface area contributed by atoms with Crippen molar-refractivity contribution >= 4 is 10.9 Å². The molecule has 0 spiro atoms. The Morgan fingerprint density at radius 3 is 2.52 bits per heavy atom. The standard InChI is InChI=1S/C16H11FN2O2/c17-10-4-3-5-11(8-10)19-14-7-2-1-6-12(14)13(9-18)15(19)16(20)21/h1-8,16,20-21H. The molecule has 0 radical (unpaired) electrons. The molecule has 0 unspecified atom stereocenters. The molecule has 0 saturated heterocycles. The number of halogens is 1. The van der Waals surface area contributed by atoms with Crippen molar-refractivity contribution in [2.45, 2.75) is 6.29 Å². The lowest BCUT2D eigenvalue weighted by Gasteiger charge is -2.12. The van der Waals surface area contributed by atoms with Crippen molar-refractivity contribution in [1.29, 1.82) is 5.26 Å². The Bertz CT molecular complexity index is 862. The number of aliphatic hydroxyl groups excluding tert-OH is 1. The highest BCUT2D eigenvalue weighted by molar-refractivity contribution is 5.89. The minimum atomic E-state index is -1.84. The molecule has 0 amide bonds. The maximum atomic E-state index is 13.5. The summed E-state index contributed by atoms with van der Waals surface area (Å²) >= 11 is 0. The molecule has 0 saturated carbocycles. The van der Waals surface area contributed by atoms with Gasteiger partial charge >= 0.3 is 0 Å². The zero-order valence-corrected chi connectivity index (χ0v) is 10.9. The van der Waals surface area contributed by atoms with E-state index < -0.39 is 12.1 Å². The Labute approximate surface area is 119 Å². The number of hydrogen-bond acceptors (Lipinski definition) is 3. The lowest BCUT2D eigenvalue weighted by atomic mass is 10.1. The van der Waals surface area contributed by atoms with Crippen LogP contribution in [-0.4, -0.2) is 14.8 Å². The van der Waals surface area contributed by atoms with Gasteiger partial charge < -0.3 is 14.8 Å². The average Bonchev–Trinajstić information content (AvgIpc) is 2.81. The Morgan fingerprint density at radius 2 is 1.86 bits per heavy atom. The van der Waals surface area contributed by atoms with Crippen molar-refractivity contribution in [3.63, 3.8) is 0 Å². The summed E-state index contributed by atoms with van der Waals surface area (Å²) in [4.78, 5) is 0. The van der Waals surface area contributed by atoms with Crippen LogP contribution in [0.15, 0.2) is 48.5 Å². The normalized spacial score (nSPS) is 11.0. The van der Waals surface area contributed by atoms with Crippen molar-refractivity contribution in [2.24, 2.45) is 0 Å². The van der Waals surface area contributed by atoms with Crippen LogP contribution in [0, 0.1) is 17.1 Å². The van der Waals surface area contributed by atoms with Crippen molar-refractivity contribution < 1.29 is 14.6 Å². The number of para-hydroxylation sites is 1. The maximum absolute atomic E-state index is 13.5. The molecule has 2 N–H and O–H groups in total. The van der Waals surface area contributed by atoms with Gasteiger partial charge in [0.25, 0.3) is 0 Å². The van der Waals surface area contributed by atoms with E-state index in [1.165, 1.54) is 22.8 Å². The van der Waals surface area contributed by atoms with Crippen molar-refractivity contribution in [2.75, 3.05) is 0 Å². The van der Waals surface area contributed by atoms with E-state index in [0.717, 1.165) is 0 Å². The molecule has 0 fully saturated rings. The Morgan fingerprint density at radius 1 is 1.10 bits per heavy atom. The number of nitriles is 1. The largest absolute Gasteiger partial charge is 0.363 e. The third-order valence-electron chi connectivity index (χ3n) is 3.33. The van der Waals surface area contributed by atoms with Gasteiger partial charge in [-0.3, -0.25) is 0 Å². The van der Waals surface area contributed by atoms with Crippen molar-refractivity contribution in [1.82, 2.24) is 4.57 Å². The number of hydrogen-bond donors (Lipinski definition) is 2. The number of rotatable bonds is 2. The summed E-state index contributed by atoms with van der Waals surface area (Å²) in [5.74, 6) is -0.442. The first-order valence-corrected chi connectivity index (χ1v) is 6.29. The molecule has 3 aromatic rings. The minimum Gasteiger partial charge on any atom is -0.363 e. The number of fused-ring (bicyclic) bond motifs is 1. The Balaban J connectivity index is 2.46. The van der Waals surface area contributed by atoms with Crippen LogP contribution in [0.5, 0.6) is 0 Å². The van der Waals surface area contributed by atoms with Crippen LogP contribution >= 0.6 is 0 Å². The number of nitrogens with zero attached hydrogens (tertiary/aromatic N) is 2. The van der Waals surface area contributed by atoms with Gasteiger partial charge in [0.15, 0.2) is 6.29 Å². The van der Waals surface area contributed by atoms with Crippen molar-refractivity contribution in [3.8, 4) is 11.8 Å². The first-order chi connectivity index (χ1) is 10.1. The van der Waals surface area contributed by atoms with Crippen molar-refractivity contribution in [3.05, 3.63) is 65.6 Å². The molecule has 2 aromatic carbocycles. The SMILES string of the molecule is N#Cc1c(C(O)O)n(-c2cccc(F)c2)c2ccccc12. The minimum absolute atomic E-state index is 0.0318. The second kappa shape index (κ2) is 5.02. The third-order valence-corrected chi connectivity index (χ3v) is 3.33. The molecule has 0 bridgehead atoms. The van der Waals surface area contributed by atoms with E-state index in [0.29, 0.717) is 16.6 Å². The zero-order valence-electron chi connectivity index (χ0n) is 10.9. The quantitative estimate of drug-likeness (QED) is 0.710. The van der Waals surface area contributed by atoms with Crippen LogP contribution in [0.25, 0.3) is 16.6 Å². The second-order valence-corrected chi connectivity index (χ2v) is 4.58. The highest BCUT2D eigenvalue weighted by Gasteiger charge is 2.22. The third kappa shape index (κ3) is 2.07. The highest BCUT2D eigenvalue weighted by Crippen LogP contribution is 2.32. The molecule has 5 heteroatoms. The first kappa shape index (κ1) is 13.3. The van der Waals surface area contributed by atoms with Crippen LogP contribution in [-0.2, 0) is 0 Å². The van der Waals surface area contributed by atoms with Gasteiger partial charge in [0, 0.05) is 11.1 Å². The average molecular weight is 282 g/mol. The number of aromatic nitrogens is 1. The van der Waals surface area contributed by atoms with E-state index in [4.69, 9.17) is 0 Å². The predicted octanol–water partition coefficient (Wildman–Crippen LogP) is 2.62. The summed E-state index contributed by atoms with van der Waals surface area (Å²) in [5, 5.41) is 29.2. The fourth-order valence-corrected chi connectivity index (χ4v) is 2.52. The molecule has 0 aliphatic rings. The van der Waals surface area contributed by atoms with Crippen LogP contribution in [0.1, 0.15) is 17.5 Å². The molecule has 21 heavy (non-hydrogen) atoms. The van der Waals surface area contributed by atoms with Crippen LogP contribution < -0.4 is 0 Å². The summed E-state index contributed by atoms with van der Waals surface area (Å²) in [6.07, 6.45) is -1.84. The summed E-state index contributed by atoms with van der Waals surface area (Å²) < 4.78 is 15.0. The summed E-state index contributed by atoms with van der Waals surface area (Å²) in [5.41, 5.74) is 1.24. The number of aliphatic hydroxyl groups is 2. The fraction of sp³-hybridized carbons (Fsp3) is 0.0625. The number of benzene rings is 2. The van der Waals surface area contributed by atoms with Gasteiger partial charge in [-0.1, -0.05) is 24.3 Å². The van der Waals surface area contributed by atoms with E-state index in [2.05, 4.69) is 0 Å². The molecular formula is C16H11FN2O2. The first-order valence-electron chi connectivity index (χ1n) is 6.29. The van der Waals surface area contributed by atoms with E-state index in [1.54, 1.807) is 30.3 Å². The molecule has 0 aliphatic carbocycles. The van der Waals surface area contributed by atoms with Gasteiger partial charge in [-0.15, -0.1) is 0 Å². The molecule has 0 aliphatic heterocycles. The summed E-state index contributed by atoms with van der Waals surface area (Å²) in [7, 11) is 0. The van der Waals surface area contributed by atoms with Gasteiger partial charge in [-0.25, -0.2) is 4.39 Å². The topological polar surface area (TPSA) is 69.2 Å². The molecular weight excluding hydrogens is 271 g/mol. The molecule has 1 heterocycles. The van der Waals surface area contributed by atoms with E-state index in [9.17, 15) is 19.9 Å². The summed E-state index contributed by atoms with van der Waals surface area (Å²) in [6, 6.07) is 14.7. The van der Waals surface area contributed by atoms with Crippen LogP contribution in [0.3, 0.4) is 0 Å². The molecule has 3 rings (SSSR count). The van der Waals surface area contributed by atoms with E-state index in [-0.39, 0.29) is 11.3 Å². The van der Waals surface area contributed by atoms with Gasteiger partial charge in [0.2, 0.25) is 0 Å².